The molecular formula is C34H34Cl2FN3O4S. The Bertz CT molecular complexity index is 1730. The van der Waals surface area contributed by atoms with Gasteiger partial charge in [0.1, 0.15) is 18.4 Å². The molecule has 45 heavy (non-hydrogen) atoms. The lowest BCUT2D eigenvalue weighted by molar-refractivity contribution is -0.140. The number of carbonyl (C=O) groups excluding carboxylic acids is 2. The molecule has 7 nitrogen and oxygen atoms in total. The zero-order valence-electron chi connectivity index (χ0n) is 24.9. The monoisotopic (exact) mass is 669 g/mol. The van der Waals surface area contributed by atoms with E-state index < -0.39 is 40.2 Å². The highest BCUT2D eigenvalue weighted by molar-refractivity contribution is 7.92. The van der Waals surface area contributed by atoms with Gasteiger partial charge >= 0.3 is 0 Å². The first-order chi connectivity index (χ1) is 21.5. The molecule has 0 saturated heterocycles. The van der Waals surface area contributed by atoms with Gasteiger partial charge in [-0.15, -0.1) is 0 Å². The number of amides is 2. The Morgan fingerprint density at radius 1 is 0.867 bits per heavy atom. The minimum Gasteiger partial charge on any atom is -0.352 e. The van der Waals surface area contributed by atoms with Crippen LogP contribution in [0, 0.1) is 5.82 Å². The van der Waals surface area contributed by atoms with Gasteiger partial charge in [-0.25, -0.2) is 12.8 Å². The highest BCUT2D eigenvalue weighted by atomic mass is 35.5. The maximum atomic E-state index is 15.0. The summed E-state index contributed by atoms with van der Waals surface area (Å²) in [5, 5.41) is 3.24. The molecule has 0 bridgehead atoms. The molecule has 2 amide bonds. The van der Waals surface area contributed by atoms with Crippen molar-refractivity contribution in [1.29, 1.82) is 0 Å². The first-order valence-corrected chi connectivity index (χ1v) is 16.6. The zero-order valence-corrected chi connectivity index (χ0v) is 27.2. The molecule has 0 aromatic heterocycles. The summed E-state index contributed by atoms with van der Waals surface area (Å²) in [7, 11) is -4.31. The molecule has 236 valence electrons. The first-order valence-electron chi connectivity index (χ1n) is 14.4. The molecule has 0 unspecified atom stereocenters. The van der Waals surface area contributed by atoms with Crippen molar-refractivity contribution in [3.63, 3.8) is 0 Å². The molecule has 4 aromatic carbocycles. The topological polar surface area (TPSA) is 86.8 Å². The van der Waals surface area contributed by atoms with Crippen LogP contribution in [-0.4, -0.2) is 43.8 Å². The SMILES string of the molecule is CC[C@H](C)NC(=O)[C@@H](Cc1ccccc1)N(Cc1ccccc1F)C(=O)CN(c1ccc(Cl)c(Cl)c1)S(=O)(=O)c1ccccc1. The van der Waals surface area contributed by atoms with E-state index in [2.05, 4.69) is 5.32 Å². The Balaban J connectivity index is 1.83. The van der Waals surface area contributed by atoms with Crippen LogP contribution in [0.3, 0.4) is 0 Å². The average molecular weight is 671 g/mol. The van der Waals surface area contributed by atoms with E-state index in [4.69, 9.17) is 23.2 Å². The Kier molecular flexibility index (Phi) is 11.6. The second kappa shape index (κ2) is 15.4. The molecule has 0 aliphatic rings. The summed E-state index contributed by atoms with van der Waals surface area (Å²) in [6.45, 7) is 2.78. The van der Waals surface area contributed by atoms with Gasteiger partial charge in [-0.1, -0.05) is 96.9 Å². The van der Waals surface area contributed by atoms with E-state index in [1.54, 1.807) is 24.3 Å². The lowest BCUT2D eigenvalue weighted by Crippen LogP contribution is -2.54. The van der Waals surface area contributed by atoms with E-state index in [0.717, 1.165) is 9.87 Å². The molecule has 0 aliphatic heterocycles. The van der Waals surface area contributed by atoms with Gasteiger partial charge in [0, 0.05) is 24.6 Å². The fourth-order valence-corrected chi connectivity index (χ4v) is 6.41. The van der Waals surface area contributed by atoms with Gasteiger partial charge in [0.2, 0.25) is 11.8 Å². The van der Waals surface area contributed by atoms with Crippen molar-refractivity contribution in [2.75, 3.05) is 10.8 Å². The number of hydrogen-bond donors (Lipinski definition) is 1. The Morgan fingerprint density at radius 2 is 1.49 bits per heavy atom. The van der Waals surface area contributed by atoms with Gasteiger partial charge in [0.05, 0.1) is 20.6 Å². The van der Waals surface area contributed by atoms with Gasteiger partial charge < -0.3 is 10.2 Å². The van der Waals surface area contributed by atoms with E-state index in [1.165, 1.54) is 53.4 Å². The average Bonchev–Trinajstić information content (AvgIpc) is 3.04. The molecule has 1 N–H and O–H groups in total. The second-order valence-corrected chi connectivity index (χ2v) is 13.2. The maximum absolute atomic E-state index is 15.0. The quantitative estimate of drug-likeness (QED) is 0.168. The zero-order chi connectivity index (χ0) is 32.6. The number of nitrogens with one attached hydrogen (secondary N) is 1. The largest absolute Gasteiger partial charge is 0.352 e. The number of carbonyl (C=O) groups is 2. The van der Waals surface area contributed by atoms with E-state index in [9.17, 15) is 18.0 Å². The Hall–Kier alpha value is -3.92. The van der Waals surface area contributed by atoms with Crippen LogP contribution in [-0.2, 0) is 32.6 Å². The van der Waals surface area contributed by atoms with Crippen molar-refractivity contribution in [3.05, 3.63) is 130 Å². The predicted molar refractivity (Wildman–Crippen MR) is 176 cm³/mol. The maximum Gasteiger partial charge on any atom is 0.264 e. The summed E-state index contributed by atoms with van der Waals surface area (Å²) < 4.78 is 44.0. The lowest BCUT2D eigenvalue weighted by atomic mass is 10.0. The van der Waals surface area contributed by atoms with Crippen LogP contribution < -0.4 is 9.62 Å². The minimum atomic E-state index is -4.31. The van der Waals surface area contributed by atoms with Gasteiger partial charge in [0.15, 0.2) is 0 Å². The van der Waals surface area contributed by atoms with Crippen LogP contribution >= 0.6 is 23.2 Å². The fraction of sp³-hybridized carbons (Fsp3) is 0.235. The van der Waals surface area contributed by atoms with Crippen LogP contribution in [0.5, 0.6) is 0 Å². The third kappa shape index (κ3) is 8.63. The van der Waals surface area contributed by atoms with Crippen LogP contribution in [0.1, 0.15) is 31.4 Å². The third-order valence-electron chi connectivity index (χ3n) is 7.37. The molecule has 0 saturated carbocycles. The Labute approximate surface area is 273 Å². The van der Waals surface area contributed by atoms with Crippen molar-refractivity contribution < 1.29 is 22.4 Å². The number of sulfonamides is 1. The molecule has 0 aliphatic carbocycles. The summed E-state index contributed by atoms with van der Waals surface area (Å²) in [5.74, 6) is -1.72. The molecule has 11 heteroatoms. The van der Waals surface area contributed by atoms with Crippen molar-refractivity contribution in [2.24, 2.45) is 0 Å². The molecule has 0 spiro atoms. The summed E-state index contributed by atoms with van der Waals surface area (Å²) in [5.41, 5.74) is 1.04. The fourth-order valence-electron chi connectivity index (χ4n) is 4.69. The molecule has 0 heterocycles. The van der Waals surface area contributed by atoms with Crippen molar-refractivity contribution in [2.45, 2.75) is 50.2 Å². The van der Waals surface area contributed by atoms with Crippen molar-refractivity contribution in [3.8, 4) is 0 Å². The van der Waals surface area contributed by atoms with Crippen molar-refractivity contribution >= 4 is 50.7 Å². The first kappa shape index (κ1) is 34.0. The highest BCUT2D eigenvalue weighted by Crippen LogP contribution is 2.31. The number of nitrogens with zero attached hydrogens (tertiary/aromatic N) is 2. The van der Waals surface area contributed by atoms with E-state index in [-0.39, 0.29) is 45.2 Å². The number of rotatable bonds is 13. The highest BCUT2D eigenvalue weighted by Gasteiger charge is 2.35. The molecule has 0 radical (unpaired) electrons. The van der Waals surface area contributed by atoms with Gasteiger partial charge in [-0.3, -0.25) is 13.9 Å². The third-order valence-corrected chi connectivity index (χ3v) is 9.90. The summed E-state index contributed by atoms with van der Waals surface area (Å²) in [6.07, 6.45) is 0.757. The minimum absolute atomic E-state index is 0.0557. The summed E-state index contributed by atoms with van der Waals surface area (Å²) >= 11 is 12.4. The van der Waals surface area contributed by atoms with E-state index in [1.807, 2.05) is 44.2 Å². The molecule has 4 rings (SSSR count). The predicted octanol–water partition coefficient (Wildman–Crippen LogP) is 6.88. The standard InChI is InChI=1S/C34H34Cl2FN3O4S/c1-3-24(2)38-34(42)32(20-25-12-6-4-7-13-25)39(22-26-14-10-11-17-31(26)37)33(41)23-40(27-18-19-29(35)30(36)21-27)45(43,44)28-15-8-5-9-16-28/h4-19,21,24,32H,3,20,22-23H2,1-2H3,(H,38,42)/t24-,32+/m0/s1. The Morgan fingerprint density at radius 3 is 2.11 bits per heavy atom. The second-order valence-electron chi connectivity index (χ2n) is 10.6. The van der Waals surface area contributed by atoms with E-state index in [0.29, 0.717) is 6.42 Å². The number of anilines is 1. The molecule has 2 atom stereocenters. The molecule has 4 aromatic rings. The van der Waals surface area contributed by atoms with Crippen LogP contribution in [0.15, 0.2) is 108 Å². The lowest BCUT2D eigenvalue weighted by Gasteiger charge is -2.34. The van der Waals surface area contributed by atoms with Gasteiger partial charge in [-0.2, -0.15) is 0 Å². The van der Waals surface area contributed by atoms with Crippen LogP contribution in [0.25, 0.3) is 0 Å². The normalized spacial score (nSPS) is 12.6. The number of benzene rings is 4. The molecular weight excluding hydrogens is 636 g/mol. The number of hydrogen-bond acceptors (Lipinski definition) is 4. The summed E-state index contributed by atoms with van der Waals surface area (Å²) in [4.78, 5) is 29.4. The van der Waals surface area contributed by atoms with Crippen LogP contribution in [0.2, 0.25) is 10.0 Å². The molecule has 0 fully saturated rings. The van der Waals surface area contributed by atoms with Gasteiger partial charge in [-0.05, 0) is 55.3 Å². The number of halogens is 3. The van der Waals surface area contributed by atoms with Crippen LogP contribution in [0.4, 0.5) is 10.1 Å². The van der Waals surface area contributed by atoms with Gasteiger partial charge in [0.25, 0.3) is 10.0 Å². The van der Waals surface area contributed by atoms with E-state index >= 15 is 4.39 Å². The summed E-state index contributed by atoms with van der Waals surface area (Å²) in [6, 6.07) is 25.7. The van der Waals surface area contributed by atoms with Crippen molar-refractivity contribution in [1.82, 2.24) is 10.2 Å². The smallest absolute Gasteiger partial charge is 0.264 e.